The molecular formula is C12H21N. The van der Waals surface area contributed by atoms with Gasteiger partial charge in [0, 0.05) is 11.9 Å². The van der Waals surface area contributed by atoms with Gasteiger partial charge in [-0.1, -0.05) is 33.8 Å². The van der Waals surface area contributed by atoms with Crippen LogP contribution in [0.4, 0.5) is 0 Å². The van der Waals surface area contributed by atoms with E-state index in [1.165, 1.54) is 24.1 Å². The molecule has 0 saturated heterocycles. The summed E-state index contributed by atoms with van der Waals surface area (Å²) in [6.07, 6.45) is 8.76. The van der Waals surface area contributed by atoms with Crippen molar-refractivity contribution in [2.45, 2.75) is 40.5 Å². The zero-order valence-electron chi connectivity index (χ0n) is 9.22. The Hall–Kier alpha value is -0.980. The Balaban J connectivity index is 0.000000322. The number of fused-ring (bicyclic) bond motifs is 1. The van der Waals surface area contributed by atoms with Crippen molar-refractivity contribution in [2.24, 2.45) is 0 Å². The highest BCUT2D eigenvalue weighted by Gasteiger charge is 2.02. The number of nitrogens with one attached hydrogen (secondary N) is 1. The monoisotopic (exact) mass is 179 g/mol. The van der Waals surface area contributed by atoms with Gasteiger partial charge in [0.1, 0.15) is 0 Å². The summed E-state index contributed by atoms with van der Waals surface area (Å²) in [5.41, 5.74) is 2.75. The molecule has 0 saturated carbocycles. The number of allylic oxidation sites excluding steroid dienone is 1. The molecule has 0 amide bonds. The van der Waals surface area contributed by atoms with Gasteiger partial charge in [-0.25, -0.2) is 0 Å². The van der Waals surface area contributed by atoms with Crippen LogP contribution >= 0.6 is 0 Å². The second-order valence-electron chi connectivity index (χ2n) is 2.36. The van der Waals surface area contributed by atoms with Crippen molar-refractivity contribution in [3.63, 3.8) is 0 Å². The molecule has 0 fully saturated rings. The zero-order chi connectivity index (χ0) is 10.1. The van der Waals surface area contributed by atoms with Crippen molar-refractivity contribution in [1.29, 1.82) is 0 Å². The molecule has 74 valence electrons. The Labute approximate surface area is 81.9 Å². The van der Waals surface area contributed by atoms with E-state index in [1.54, 1.807) is 0 Å². The van der Waals surface area contributed by atoms with Crippen LogP contribution in [0.5, 0.6) is 0 Å². The molecule has 1 heterocycles. The molecule has 1 heteroatoms. The molecule has 1 nitrogen and oxygen atoms in total. The maximum atomic E-state index is 3.17. The maximum absolute atomic E-state index is 3.17. The quantitative estimate of drug-likeness (QED) is 0.619. The third kappa shape index (κ3) is 3.49. The van der Waals surface area contributed by atoms with Crippen molar-refractivity contribution >= 4 is 6.08 Å². The standard InChI is InChI=1S/C8H9N.2C2H6/c1-2-4-8-7(3-1)5-6-9-8;2*1-2/h2,4-6,9H,1,3H2;2*1-2H3. The van der Waals surface area contributed by atoms with E-state index in [9.17, 15) is 0 Å². The first-order chi connectivity index (χ1) is 6.47. The van der Waals surface area contributed by atoms with Gasteiger partial charge < -0.3 is 4.98 Å². The van der Waals surface area contributed by atoms with Gasteiger partial charge in [-0.05, 0) is 30.5 Å². The van der Waals surface area contributed by atoms with E-state index >= 15 is 0 Å². The van der Waals surface area contributed by atoms with E-state index in [0.717, 1.165) is 0 Å². The molecule has 0 aliphatic heterocycles. The van der Waals surface area contributed by atoms with E-state index in [0.29, 0.717) is 0 Å². The lowest BCUT2D eigenvalue weighted by molar-refractivity contribution is 0.985. The number of aryl methyl sites for hydroxylation is 1. The minimum absolute atomic E-state index is 1.20. The summed E-state index contributed by atoms with van der Waals surface area (Å²) in [6, 6.07) is 2.15. The van der Waals surface area contributed by atoms with Gasteiger partial charge in [0.15, 0.2) is 0 Å². The lowest BCUT2D eigenvalue weighted by Crippen LogP contribution is -1.88. The molecule has 1 aromatic rings. The van der Waals surface area contributed by atoms with Crippen LogP contribution in [-0.4, -0.2) is 4.98 Å². The highest BCUT2D eigenvalue weighted by Crippen LogP contribution is 2.16. The Morgan fingerprint density at radius 2 is 1.85 bits per heavy atom. The predicted molar refractivity (Wildman–Crippen MR) is 60.8 cm³/mol. The van der Waals surface area contributed by atoms with Crippen LogP contribution in [0.25, 0.3) is 6.08 Å². The van der Waals surface area contributed by atoms with Gasteiger partial charge in [0.2, 0.25) is 0 Å². The van der Waals surface area contributed by atoms with Crippen LogP contribution in [0.3, 0.4) is 0 Å². The molecule has 1 aliphatic rings. The van der Waals surface area contributed by atoms with E-state index < -0.39 is 0 Å². The van der Waals surface area contributed by atoms with E-state index in [4.69, 9.17) is 0 Å². The predicted octanol–water partition coefficient (Wildman–Crippen LogP) is 4.03. The highest BCUT2D eigenvalue weighted by atomic mass is 14.7. The summed E-state index contributed by atoms with van der Waals surface area (Å²) in [5.74, 6) is 0. The van der Waals surface area contributed by atoms with Crippen LogP contribution in [0, 0.1) is 0 Å². The molecule has 13 heavy (non-hydrogen) atoms. The third-order valence-corrected chi connectivity index (χ3v) is 1.73. The van der Waals surface area contributed by atoms with E-state index in [2.05, 4.69) is 23.2 Å². The second kappa shape index (κ2) is 7.66. The molecule has 0 spiro atoms. The van der Waals surface area contributed by atoms with Gasteiger partial charge in [-0.15, -0.1) is 0 Å². The third-order valence-electron chi connectivity index (χ3n) is 1.73. The van der Waals surface area contributed by atoms with Crippen LogP contribution in [0.1, 0.15) is 45.4 Å². The summed E-state index contributed by atoms with van der Waals surface area (Å²) in [4.78, 5) is 3.17. The molecule has 0 aromatic carbocycles. The molecule has 1 N–H and O–H groups in total. The first-order valence-electron chi connectivity index (χ1n) is 5.29. The minimum atomic E-state index is 1.20. The Bertz CT molecular complexity index is 233. The second-order valence-corrected chi connectivity index (χ2v) is 2.36. The SMILES string of the molecule is C1=Cc2[nH]ccc2CC1.CC.CC. The fraction of sp³-hybridized carbons (Fsp3) is 0.500. The number of H-pyrrole nitrogens is 1. The van der Waals surface area contributed by atoms with Crippen molar-refractivity contribution in [1.82, 2.24) is 4.98 Å². The van der Waals surface area contributed by atoms with Gasteiger partial charge >= 0.3 is 0 Å². The number of hydrogen-bond acceptors (Lipinski definition) is 0. The van der Waals surface area contributed by atoms with Crippen LogP contribution < -0.4 is 0 Å². The van der Waals surface area contributed by atoms with Gasteiger partial charge in [-0.2, -0.15) is 0 Å². The van der Waals surface area contributed by atoms with Crippen molar-refractivity contribution in [3.8, 4) is 0 Å². The summed E-state index contributed by atoms with van der Waals surface area (Å²) in [7, 11) is 0. The Morgan fingerprint density at radius 1 is 1.15 bits per heavy atom. The average molecular weight is 179 g/mol. The average Bonchev–Trinajstić information content (AvgIpc) is 2.71. The van der Waals surface area contributed by atoms with Crippen LogP contribution in [0.15, 0.2) is 18.3 Å². The highest BCUT2D eigenvalue weighted by molar-refractivity contribution is 5.52. The van der Waals surface area contributed by atoms with Crippen LogP contribution in [-0.2, 0) is 6.42 Å². The summed E-state index contributed by atoms with van der Waals surface area (Å²) < 4.78 is 0. The van der Waals surface area contributed by atoms with Gasteiger partial charge in [-0.3, -0.25) is 0 Å². The van der Waals surface area contributed by atoms with Crippen molar-refractivity contribution in [3.05, 3.63) is 29.6 Å². The lowest BCUT2D eigenvalue weighted by Gasteiger charge is -2.01. The van der Waals surface area contributed by atoms with Gasteiger partial charge in [0.25, 0.3) is 0 Å². The lowest BCUT2D eigenvalue weighted by atomic mass is 10.1. The van der Waals surface area contributed by atoms with Crippen molar-refractivity contribution < 1.29 is 0 Å². The molecule has 0 unspecified atom stereocenters. The molecule has 2 rings (SSSR count). The molecule has 1 aromatic heterocycles. The number of aromatic nitrogens is 1. The first-order valence-corrected chi connectivity index (χ1v) is 5.29. The fourth-order valence-corrected chi connectivity index (χ4v) is 1.23. The summed E-state index contributed by atoms with van der Waals surface area (Å²) in [5, 5.41) is 0. The normalized spacial score (nSPS) is 11.7. The van der Waals surface area contributed by atoms with E-state index in [-0.39, 0.29) is 0 Å². The molecule has 0 bridgehead atoms. The molecular weight excluding hydrogens is 158 g/mol. The molecule has 0 radical (unpaired) electrons. The molecule has 1 aliphatic carbocycles. The first kappa shape index (κ1) is 12.0. The number of rotatable bonds is 0. The van der Waals surface area contributed by atoms with E-state index in [1.807, 2.05) is 33.9 Å². The smallest absolute Gasteiger partial charge is 0.0409 e. The topological polar surface area (TPSA) is 15.8 Å². The Morgan fingerprint density at radius 3 is 2.46 bits per heavy atom. The Kier molecular flexibility index (Phi) is 7.08. The van der Waals surface area contributed by atoms with Crippen molar-refractivity contribution in [2.75, 3.05) is 0 Å². The number of hydrogen-bond donors (Lipinski definition) is 1. The van der Waals surface area contributed by atoms with Crippen LogP contribution in [0.2, 0.25) is 0 Å². The number of aromatic amines is 1. The zero-order valence-corrected chi connectivity index (χ0v) is 9.22. The van der Waals surface area contributed by atoms with Gasteiger partial charge in [0.05, 0.1) is 0 Å². The fourth-order valence-electron chi connectivity index (χ4n) is 1.23. The summed E-state index contributed by atoms with van der Waals surface area (Å²) in [6.45, 7) is 8.00. The summed E-state index contributed by atoms with van der Waals surface area (Å²) >= 11 is 0. The largest absolute Gasteiger partial charge is 0.361 e. The maximum Gasteiger partial charge on any atom is 0.0409 e. The minimum Gasteiger partial charge on any atom is -0.361 e. The molecule has 0 atom stereocenters.